The normalized spacial score (nSPS) is 15.6. The van der Waals surface area contributed by atoms with Crippen LogP contribution in [0.4, 0.5) is 0 Å². The molecule has 2 amide bonds. The molecule has 1 rings (SSSR count). The zero-order valence-electron chi connectivity index (χ0n) is 29.6. The average molecular weight is 650 g/mol. The number of nitrogens with two attached hydrogens (primary N) is 1. The third-order valence-electron chi connectivity index (χ3n) is 8.22. The lowest BCUT2D eigenvalue weighted by Crippen LogP contribution is -2.54. The zero-order chi connectivity index (χ0) is 34.7. The summed E-state index contributed by atoms with van der Waals surface area (Å²) in [6, 6.07) is 6.94. The molecule has 0 heterocycles. The Bertz CT molecular complexity index is 1100. The van der Waals surface area contributed by atoms with Crippen LogP contribution >= 0.6 is 0 Å². The van der Waals surface area contributed by atoms with Crippen molar-refractivity contribution in [2.24, 2.45) is 23.5 Å². The zero-order valence-corrected chi connectivity index (χ0v) is 30.6. The molecule has 5 atom stereocenters. The van der Waals surface area contributed by atoms with Crippen molar-refractivity contribution in [2.45, 2.75) is 137 Å². The minimum absolute atomic E-state index is 0.0483. The molecular weight excluding hydrogens is 590 g/mol. The van der Waals surface area contributed by atoms with Gasteiger partial charge in [0.2, 0.25) is 5.91 Å². The van der Waals surface area contributed by atoms with Crippen LogP contribution in [0, 0.1) is 17.8 Å². The van der Waals surface area contributed by atoms with Gasteiger partial charge in [-0.05, 0) is 54.8 Å². The van der Waals surface area contributed by atoms with Gasteiger partial charge < -0.3 is 30.3 Å². The monoisotopic (exact) mass is 649 g/mol. The summed E-state index contributed by atoms with van der Waals surface area (Å²) in [5.41, 5.74) is 7.32. The lowest BCUT2D eigenvalue weighted by atomic mass is 9.97. The average Bonchev–Trinajstić information content (AvgIpc) is 2.92. The fourth-order valence-electron chi connectivity index (χ4n) is 4.27. The van der Waals surface area contributed by atoms with Crippen LogP contribution in [0.25, 0.3) is 0 Å². The van der Waals surface area contributed by atoms with Gasteiger partial charge in [-0.25, -0.2) is 4.79 Å². The molecule has 0 saturated heterocycles. The number of esters is 2. The maximum atomic E-state index is 13.5. The van der Waals surface area contributed by atoms with E-state index in [4.69, 9.17) is 19.6 Å². The highest BCUT2D eigenvalue weighted by atomic mass is 28.4. The van der Waals surface area contributed by atoms with Gasteiger partial charge in [0.25, 0.3) is 5.91 Å². The van der Waals surface area contributed by atoms with Gasteiger partial charge in [-0.2, -0.15) is 0 Å². The van der Waals surface area contributed by atoms with Crippen LogP contribution in [0.1, 0.15) is 87.6 Å². The number of hydrogen-bond donors (Lipinski definition) is 3. The van der Waals surface area contributed by atoms with E-state index >= 15 is 0 Å². The van der Waals surface area contributed by atoms with E-state index in [0.29, 0.717) is 6.42 Å². The number of rotatable bonds is 17. The molecule has 0 radical (unpaired) electrons. The van der Waals surface area contributed by atoms with Crippen LogP contribution in [0.15, 0.2) is 30.3 Å². The molecule has 1 aromatic rings. The maximum Gasteiger partial charge on any atom is 0.328 e. The van der Waals surface area contributed by atoms with Gasteiger partial charge in [-0.3, -0.25) is 14.4 Å². The summed E-state index contributed by atoms with van der Waals surface area (Å²) in [5.74, 6) is -2.57. The summed E-state index contributed by atoms with van der Waals surface area (Å²) in [6.45, 7) is 23.5. The summed E-state index contributed by atoms with van der Waals surface area (Å²) >= 11 is 0. The molecule has 0 aliphatic carbocycles. The lowest BCUT2D eigenvalue weighted by molar-refractivity contribution is -0.161. The molecule has 11 heteroatoms. The first-order valence-electron chi connectivity index (χ1n) is 16.1. The molecule has 0 spiro atoms. The molecule has 256 valence electrons. The predicted octanol–water partition coefficient (Wildman–Crippen LogP) is 5.10. The first-order valence-corrected chi connectivity index (χ1v) is 19.0. The van der Waals surface area contributed by atoms with Crippen LogP contribution < -0.4 is 16.4 Å². The fourth-order valence-corrected chi connectivity index (χ4v) is 5.62. The summed E-state index contributed by atoms with van der Waals surface area (Å²) in [4.78, 5) is 52.5. The van der Waals surface area contributed by atoms with Crippen molar-refractivity contribution in [2.75, 3.05) is 0 Å². The first kappa shape index (κ1) is 40.3. The van der Waals surface area contributed by atoms with Crippen molar-refractivity contribution in [1.29, 1.82) is 0 Å². The Labute approximate surface area is 272 Å². The highest BCUT2D eigenvalue weighted by molar-refractivity contribution is 6.74. The van der Waals surface area contributed by atoms with E-state index in [2.05, 4.69) is 44.5 Å². The molecule has 0 aromatic heterocycles. The Kier molecular flexibility index (Phi) is 15.9. The fraction of sp³-hybridized carbons (Fsp3) is 0.706. The smallest absolute Gasteiger partial charge is 0.328 e. The number of carbonyl (C=O) groups excluding carboxylic acids is 4. The van der Waals surface area contributed by atoms with Gasteiger partial charge >= 0.3 is 11.9 Å². The van der Waals surface area contributed by atoms with Crippen molar-refractivity contribution >= 4 is 32.1 Å². The van der Waals surface area contributed by atoms with Crippen molar-refractivity contribution in [1.82, 2.24) is 10.6 Å². The van der Waals surface area contributed by atoms with Gasteiger partial charge in [0, 0.05) is 6.04 Å². The molecule has 0 aliphatic rings. The van der Waals surface area contributed by atoms with E-state index in [-0.39, 0.29) is 35.8 Å². The molecule has 0 bridgehead atoms. The molecule has 0 aliphatic heterocycles. The summed E-state index contributed by atoms with van der Waals surface area (Å²) in [7, 11) is -2.27. The van der Waals surface area contributed by atoms with Gasteiger partial charge in [-0.1, -0.05) is 92.6 Å². The van der Waals surface area contributed by atoms with Crippen LogP contribution in [0.3, 0.4) is 0 Å². The first-order chi connectivity index (χ1) is 20.7. The summed E-state index contributed by atoms with van der Waals surface area (Å²) < 4.78 is 17.6. The van der Waals surface area contributed by atoms with E-state index in [1.54, 1.807) is 13.8 Å². The second-order valence-electron chi connectivity index (χ2n) is 14.6. The molecule has 10 nitrogen and oxygen atoms in total. The van der Waals surface area contributed by atoms with E-state index in [0.717, 1.165) is 5.56 Å². The number of carbonyl (C=O) groups is 4. The molecule has 0 saturated carbocycles. The number of hydrogen-bond acceptors (Lipinski definition) is 8. The van der Waals surface area contributed by atoms with Gasteiger partial charge in [0.15, 0.2) is 14.4 Å². The maximum absolute atomic E-state index is 13.5. The number of nitrogens with one attached hydrogen (secondary N) is 2. The van der Waals surface area contributed by atoms with Gasteiger partial charge in [0.1, 0.15) is 18.7 Å². The second-order valence-corrected chi connectivity index (χ2v) is 19.4. The van der Waals surface area contributed by atoms with E-state index in [1.807, 2.05) is 58.0 Å². The highest BCUT2D eigenvalue weighted by Gasteiger charge is 2.42. The highest BCUT2D eigenvalue weighted by Crippen LogP contribution is 2.38. The third kappa shape index (κ3) is 13.6. The Balaban J connectivity index is 2.98. The SMILES string of the molecule is CC(C)C[C@H](NC(=O)[C@@H](OC(=O)C[C@@H](O[Si](C)(C)C(C)(C)C)C(N)C(C)C)C(C)C)C(=O)N[C@@H](C)C(=O)OCc1ccccc1. The van der Waals surface area contributed by atoms with Crippen LogP contribution in [-0.2, 0) is 39.7 Å². The Morgan fingerprint density at radius 1 is 0.867 bits per heavy atom. The molecule has 45 heavy (non-hydrogen) atoms. The molecule has 1 unspecified atom stereocenters. The molecule has 1 aromatic carbocycles. The molecular formula is C34H59N3O7Si. The lowest BCUT2D eigenvalue weighted by Gasteiger charge is -2.41. The van der Waals surface area contributed by atoms with Crippen molar-refractivity contribution in [3.63, 3.8) is 0 Å². The Morgan fingerprint density at radius 3 is 1.93 bits per heavy atom. The Hall–Kier alpha value is -2.76. The van der Waals surface area contributed by atoms with Crippen LogP contribution in [0.2, 0.25) is 18.1 Å². The predicted molar refractivity (Wildman–Crippen MR) is 179 cm³/mol. The number of amides is 2. The topological polar surface area (TPSA) is 146 Å². The third-order valence-corrected chi connectivity index (χ3v) is 12.7. The van der Waals surface area contributed by atoms with E-state index in [9.17, 15) is 19.2 Å². The van der Waals surface area contributed by atoms with E-state index < -0.39 is 62.4 Å². The van der Waals surface area contributed by atoms with Crippen LogP contribution in [0.5, 0.6) is 0 Å². The minimum Gasteiger partial charge on any atom is -0.459 e. The van der Waals surface area contributed by atoms with E-state index in [1.165, 1.54) is 6.92 Å². The van der Waals surface area contributed by atoms with Crippen molar-refractivity contribution in [3.8, 4) is 0 Å². The van der Waals surface area contributed by atoms with Crippen molar-refractivity contribution in [3.05, 3.63) is 35.9 Å². The van der Waals surface area contributed by atoms with Gasteiger partial charge in [0.05, 0.1) is 12.5 Å². The number of benzene rings is 1. The number of ether oxygens (including phenoxy) is 2. The second kappa shape index (κ2) is 17.8. The van der Waals surface area contributed by atoms with Crippen LogP contribution in [-0.4, -0.2) is 62.4 Å². The quantitative estimate of drug-likeness (QED) is 0.156. The standard InChI is InChI=1S/C34H59N3O7Si/c1-21(2)18-26(31(39)36-24(7)33(41)42-20-25-16-14-13-15-17-25)37-32(40)30(23(5)6)43-28(38)19-27(29(35)22(3)4)44-45(11,12)34(8,9)10/h13-17,21-24,26-27,29-30H,18-20,35H2,1-12H3,(H,36,39)(H,37,40)/t24-,26-,27+,29?,30-/m0/s1. The molecule has 4 N–H and O–H groups in total. The largest absolute Gasteiger partial charge is 0.459 e. The van der Waals surface area contributed by atoms with Crippen molar-refractivity contribution < 1.29 is 33.1 Å². The summed E-state index contributed by atoms with van der Waals surface area (Å²) in [5, 5.41) is 5.33. The van der Waals surface area contributed by atoms with Gasteiger partial charge in [-0.15, -0.1) is 0 Å². The summed E-state index contributed by atoms with van der Waals surface area (Å²) in [6.07, 6.45) is -1.50. The molecule has 0 fully saturated rings. The minimum atomic E-state index is -2.27. The Morgan fingerprint density at radius 2 is 1.44 bits per heavy atom.